The van der Waals surface area contributed by atoms with E-state index < -0.39 is 0 Å². The standard InChI is InChI=1S/C16H16N4O2/c1-22-16(21)20-8-6-19(7-9-20)15-13(11-17)10-12-4-2-3-5-14(12)18-15/h2-5,10H,6-9H2,1H3. The SMILES string of the molecule is COC(=O)N1CCN(c2nc3ccccc3cc2C#N)CC1. The van der Waals surface area contributed by atoms with Crippen LogP contribution in [-0.2, 0) is 4.74 Å². The zero-order valence-corrected chi connectivity index (χ0v) is 12.3. The van der Waals surface area contributed by atoms with Crippen LogP contribution >= 0.6 is 0 Å². The first kappa shape index (κ1) is 14.1. The van der Waals surface area contributed by atoms with Gasteiger partial charge in [0.15, 0.2) is 0 Å². The molecule has 1 aromatic carbocycles. The van der Waals surface area contributed by atoms with E-state index in [1.165, 1.54) is 7.11 Å². The van der Waals surface area contributed by atoms with Gasteiger partial charge in [-0.15, -0.1) is 0 Å². The van der Waals surface area contributed by atoms with Gasteiger partial charge in [-0.25, -0.2) is 9.78 Å². The third-order valence-electron chi connectivity index (χ3n) is 3.84. The minimum atomic E-state index is -0.313. The van der Waals surface area contributed by atoms with Crippen molar-refractivity contribution < 1.29 is 9.53 Å². The molecular formula is C16H16N4O2. The van der Waals surface area contributed by atoms with Crippen LogP contribution < -0.4 is 4.90 Å². The number of hydrogen-bond donors (Lipinski definition) is 0. The second-order valence-corrected chi connectivity index (χ2v) is 5.11. The number of methoxy groups -OCH3 is 1. The number of carbonyl (C=O) groups is 1. The van der Waals surface area contributed by atoms with Crippen molar-refractivity contribution in [3.8, 4) is 6.07 Å². The van der Waals surface area contributed by atoms with Crippen molar-refractivity contribution >= 4 is 22.8 Å². The zero-order chi connectivity index (χ0) is 15.5. The number of fused-ring (bicyclic) bond motifs is 1. The van der Waals surface area contributed by atoms with Crippen LogP contribution in [0.1, 0.15) is 5.56 Å². The largest absolute Gasteiger partial charge is 0.453 e. The Morgan fingerprint density at radius 2 is 2.00 bits per heavy atom. The van der Waals surface area contributed by atoms with Gasteiger partial charge in [0.25, 0.3) is 0 Å². The molecule has 1 aliphatic heterocycles. The monoisotopic (exact) mass is 296 g/mol. The molecule has 1 aromatic heterocycles. The number of anilines is 1. The number of nitriles is 1. The molecule has 0 saturated carbocycles. The highest BCUT2D eigenvalue weighted by Crippen LogP contribution is 2.24. The molecule has 6 heteroatoms. The van der Waals surface area contributed by atoms with Crippen LogP contribution in [0.3, 0.4) is 0 Å². The van der Waals surface area contributed by atoms with Crippen LogP contribution in [0.4, 0.5) is 10.6 Å². The van der Waals surface area contributed by atoms with Crippen LogP contribution in [0.2, 0.25) is 0 Å². The topological polar surface area (TPSA) is 69.5 Å². The highest BCUT2D eigenvalue weighted by atomic mass is 16.5. The van der Waals surface area contributed by atoms with Gasteiger partial charge in [0.1, 0.15) is 11.9 Å². The Labute approximate surface area is 128 Å². The molecule has 1 saturated heterocycles. The second kappa shape index (κ2) is 5.90. The van der Waals surface area contributed by atoms with E-state index in [1.807, 2.05) is 35.2 Å². The molecule has 2 heterocycles. The molecule has 2 aromatic rings. The van der Waals surface area contributed by atoms with E-state index in [2.05, 4.69) is 11.1 Å². The Morgan fingerprint density at radius 1 is 1.27 bits per heavy atom. The lowest BCUT2D eigenvalue weighted by molar-refractivity contribution is 0.121. The number of para-hydroxylation sites is 1. The van der Waals surface area contributed by atoms with Crippen molar-refractivity contribution in [2.24, 2.45) is 0 Å². The van der Waals surface area contributed by atoms with Crippen molar-refractivity contribution in [3.63, 3.8) is 0 Å². The summed E-state index contributed by atoms with van der Waals surface area (Å²) in [5.74, 6) is 0.686. The summed E-state index contributed by atoms with van der Waals surface area (Å²) >= 11 is 0. The normalized spacial score (nSPS) is 14.7. The lowest BCUT2D eigenvalue weighted by atomic mass is 10.1. The highest BCUT2D eigenvalue weighted by Gasteiger charge is 2.24. The lowest BCUT2D eigenvalue weighted by Crippen LogP contribution is -2.49. The van der Waals surface area contributed by atoms with Crippen LogP contribution in [0.25, 0.3) is 10.9 Å². The molecule has 1 aliphatic rings. The van der Waals surface area contributed by atoms with Crippen LogP contribution in [0.15, 0.2) is 30.3 Å². The lowest BCUT2D eigenvalue weighted by Gasteiger charge is -2.34. The Balaban J connectivity index is 1.88. The minimum absolute atomic E-state index is 0.313. The third-order valence-corrected chi connectivity index (χ3v) is 3.84. The van der Waals surface area contributed by atoms with Crippen molar-refractivity contribution in [3.05, 3.63) is 35.9 Å². The molecule has 0 atom stereocenters. The van der Waals surface area contributed by atoms with E-state index >= 15 is 0 Å². The van der Waals surface area contributed by atoms with Gasteiger partial charge in [-0.3, -0.25) is 0 Å². The number of ether oxygens (including phenoxy) is 1. The quantitative estimate of drug-likeness (QED) is 0.805. The number of rotatable bonds is 1. The summed E-state index contributed by atoms with van der Waals surface area (Å²) in [5, 5.41) is 10.3. The molecule has 0 radical (unpaired) electrons. The summed E-state index contributed by atoms with van der Waals surface area (Å²) in [6.07, 6.45) is -0.313. The third kappa shape index (κ3) is 2.53. The molecular weight excluding hydrogens is 280 g/mol. The summed E-state index contributed by atoms with van der Waals surface area (Å²) in [6.45, 7) is 2.39. The zero-order valence-electron chi connectivity index (χ0n) is 12.3. The van der Waals surface area contributed by atoms with Crippen LogP contribution in [0, 0.1) is 11.3 Å². The van der Waals surface area contributed by atoms with Gasteiger partial charge < -0.3 is 14.5 Å². The fraction of sp³-hybridized carbons (Fsp3) is 0.312. The van der Waals surface area contributed by atoms with Gasteiger partial charge in [0.05, 0.1) is 18.2 Å². The average Bonchev–Trinajstić information content (AvgIpc) is 2.60. The number of aromatic nitrogens is 1. The Morgan fingerprint density at radius 3 is 2.68 bits per heavy atom. The molecule has 22 heavy (non-hydrogen) atoms. The van der Waals surface area contributed by atoms with E-state index in [9.17, 15) is 10.1 Å². The van der Waals surface area contributed by atoms with E-state index in [0.29, 0.717) is 37.6 Å². The number of hydrogen-bond acceptors (Lipinski definition) is 5. The van der Waals surface area contributed by atoms with Crippen molar-refractivity contribution in [2.75, 3.05) is 38.2 Å². The molecule has 1 fully saturated rings. The molecule has 3 rings (SSSR count). The minimum Gasteiger partial charge on any atom is -0.453 e. The number of nitrogens with zero attached hydrogens (tertiary/aromatic N) is 4. The molecule has 0 aliphatic carbocycles. The number of amides is 1. The van der Waals surface area contributed by atoms with Crippen LogP contribution in [0.5, 0.6) is 0 Å². The van der Waals surface area contributed by atoms with Gasteiger partial charge in [-0.2, -0.15) is 5.26 Å². The van der Waals surface area contributed by atoms with E-state index in [-0.39, 0.29) is 6.09 Å². The second-order valence-electron chi connectivity index (χ2n) is 5.11. The Bertz CT molecular complexity index is 745. The van der Waals surface area contributed by atoms with Crippen molar-refractivity contribution in [1.82, 2.24) is 9.88 Å². The summed E-state index contributed by atoms with van der Waals surface area (Å²) in [6, 6.07) is 11.8. The molecule has 0 N–H and O–H groups in total. The molecule has 1 amide bonds. The van der Waals surface area contributed by atoms with Crippen LogP contribution in [-0.4, -0.2) is 49.3 Å². The number of benzene rings is 1. The first-order valence-corrected chi connectivity index (χ1v) is 7.10. The van der Waals surface area contributed by atoms with Gasteiger partial charge in [-0.05, 0) is 12.1 Å². The smallest absolute Gasteiger partial charge is 0.409 e. The maximum Gasteiger partial charge on any atom is 0.409 e. The maximum atomic E-state index is 11.5. The maximum absolute atomic E-state index is 11.5. The summed E-state index contributed by atoms with van der Waals surface area (Å²) in [4.78, 5) is 19.9. The van der Waals surface area contributed by atoms with Gasteiger partial charge in [0.2, 0.25) is 0 Å². The van der Waals surface area contributed by atoms with E-state index in [4.69, 9.17) is 4.74 Å². The number of piperazine rings is 1. The molecule has 112 valence electrons. The molecule has 0 unspecified atom stereocenters. The van der Waals surface area contributed by atoms with Crippen molar-refractivity contribution in [2.45, 2.75) is 0 Å². The Hall–Kier alpha value is -2.81. The molecule has 0 bridgehead atoms. The van der Waals surface area contributed by atoms with E-state index in [0.717, 1.165) is 10.9 Å². The highest BCUT2D eigenvalue weighted by molar-refractivity contribution is 5.83. The Kier molecular flexibility index (Phi) is 3.79. The fourth-order valence-electron chi connectivity index (χ4n) is 2.66. The molecule has 0 spiro atoms. The predicted octanol–water partition coefficient (Wildman–Crippen LogP) is 1.99. The predicted molar refractivity (Wildman–Crippen MR) is 82.6 cm³/mol. The van der Waals surface area contributed by atoms with Gasteiger partial charge >= 0.3 is 6.09 Å². The summed E-state index contributed by atoms with van der Waals surface area (Å²) in [7, 11) is 1.38. The van der Waals surface area contributed by atoms with E-state index in [1.54, 1.807) is 4.90 Å². The first-order valence-electron chi connectivity index (χ1n) is 7.10. The fourth-order valence-corrected chi connectivity index (χ4v) is 2.66. The summed E-state index contributed by atoms with van der Waals surface area (Å²) in [5.41, 5.74) is 1.43. The summed E-state index contributed by atoms with van der Waals surface area (Å²) < 4.78 is 4.73. The first-order chi connectivity index (χ1) is 10.7. The molecule has 6 nitrogen and oxygen atoms in total. The average molecular weight is 296 g/mol. The van der Waals surface area contributed by atoms with Crippen molar-refractivity contribution in [1.29, 1.82) is 5.26 Å². The van der Waals surface area contributed by atoms with Gasteiger partial charge in [-0.1, -0.05) is 18.2 Å². The number of carbonyl (C=O) groups excluding carboxylic acids is 1. The van der Waals surface area contributed by atoms with Gasteiger partial charge in [0, 0.05) is 31.6 Å². The number of pyridine rings is 1.